The SMILES string of the molecule is Nc1nc2[nH]cc(CCc3ccc(C(=O)N[C@@H](CCC(=O)OCCNC(=O)CCCc4ccc(I)cc4)C(=O)O)cc3)c2c(=O)[nH]1. The highest BCUT2D eigenvalue weighted by Gasteiger charge is 2.22. The van der Waals surface area contributed by atoms with Crippen LogP contribution in [0.2, 0.25) is 0 Å². The summed E-state index contributed by atoms with van der Waals surface area (Å²) in [5, 5.41) is 15.2. The number of nitrogens with zero attached hydrogens (tertiary/aromatic N) is 1. The van der Waals surface area contributed by atoms with Crippen molar-refractivity contribution in [3.8, 4) is 0 Å². The van der Waals surface area contributed by atoms with Gasteiger partial charge < -0.3 is 31.2 Å². The van der Waals surface area contributed by atoms with Crippen LogP contribution in [0.25, 0.3) is 11.0 Å². The van der Waals surface area contributed by atoms with E-state index >= 15 is 0 Å². The van der Waals surface area contributed by atoms with E-state index in [1.54, 1.807) is 30.5 Å². The molecule has 0 aliphatic carbocycles. The summed E-state index contributed by atoms with van der Waals surface area (Å²) in [7, 11) is 0. The number of fused-ring (bicyclic) bond motifs is 1. The molecule has 2 amide bonds. The third kappa shape index (κ3) is 10.2. The monoisotopic (exact) mass is 742 g/mol. The van der Waals surface area contributed by atoms with Gasteiger partial charge in [-0.25, -0.2) is 4.79 Å². The van der Waals surface area contributed by atoms with Crippen LogP contribution in [0.5, 0.6) is 0 Å². The predicted octanol–water partition coefficient (Wildman–Crippen LogP) is 2.87. The van der Waals surface area contributed by atoms with Crippen molar-refractivity contribution in [2.45, 2.75) is 51.0 Å². The van der Waals surface area contributed by atoms with E-state index in [0.717, 1.165) is 26.7 Å². The number of aromatic amines is 2. The van der Waals surface area contributed by atoms with E-state index in [0.29, 0.717) is 36.7 Å². The van der Waals surface area contributed by atoms with Crippen molar-refractivity contribution in [2.75, 3.05) is 18.9 Å². The van der Waals surface area contributed by atoms with Gasteiger partial charge in [0, 0.05) is 28.2 Å². The molecule has 0 saturated carbocycles. The summed E-state index contributed by atoms with van der Waals surface area (Å²) in [4.78, 5) is 70.4. The van der Waals surface area contributed by atoms with Crippen molar-refractivity contribution in [1.82, 2.24) is 25.6 Å². The Labute approximate surface area is 277 Å². The third-order valence-electron chi connectivity index (χ3n) is 7.25. The second-order valence-electron chi connectivity index (χ2n) is 10.6. The summed E-state index contributed by atoms with van der Waals surface area (Å²) in [5.74, 6) is -2.61. The summed E-state index contributed by atoms with van der Waals surface area (Å²) < 4.78 is 6.26. The fourth-order valence-electron chi connectivity index (χ4n) is 4.80. The van der Waals surface area contributed by atoms with Crippen LogP contribution in [0.4, 0.5) is 5.95 Å². The lowest BCUT2D eigenvalue weighted by atomic mass is 10.0. The van der Waals surface area contributed by atoms with Gasteiger partial charge in [0.05, 0.1) is 11.9 Å². The molecule has 0 aliphatic rings. The first-order chi connectivity index (χ1) is 22.1. The molecule has 2 heterocycles. The Kier molecular flexibility index (Phi) is 12.3. The highest BCUT2D eigenvalue weighted by atomic mass is 127. The number of carboxylic acid groups (broad SMARTS) is 1. The zero-order valence-corrected chi connectivity index (χ0v) is 27.1. The molecule has 7 N–H and O–H groups in total. The number of halogens is 1. The Morgan fingerprint density at radius 1 is 0.978 bits per heavy atom. The number of ether oxygens (including phenoxy) is 1. The van der Waals surface area contributed by atoms with Gasteiger partial charge in [-0.3, -0.25) is 24.2 Å². The Hall–Kier alpha value is -4.73. The minimum atomic E-state index is -1.30. The molecule has 0 radical (unpaired) electrons. The minimum Gasteiger partial charge on any atom is -0.480 e. The number of amides is 2. The lowest BCUT2D eigenvalue weighted by Gasteiger charge is -2.14. The van der Waals surface area contributed by atoms with Gasteiger partial charge in [-0.05, 0) is 95.7 Å². The number of aryl methyl sites for hydroxylation is 3. The number of hydrogen-bond acceptors (Lipinski definition) is 8. The number of anilines is 1. The van der Waals surface area contributed by atoms with Crippen molar-refractivity contribution < 1.29 is 29.0 Å². The van der Waals surface area contributed by atoms with Gasteiger partial charge in [0.1, 0.15) is 18.3 Å². The first kappa shape index (κ1) is 34.1. The molecular weight excluding hydrogens is 707 g/mol. The molecule has 242 valence electrons. The number of nitrogen functional groups attached to an aromatic ring is 1. The fraction of sp³-hybridized carbons (Fsp3) is 0.312. The largest absolute Gasteiger partial charge is 0.480 e. The van der Waals surface area contributed by atoms with Crippen molar-refractivity contribution in [1.29, 1.82) is 0 Å². The molecule has 0 aliphatic heterocycles. The molecule has 13 nitrogen and oxygen atoms in total. The number of esters is 1. The highest BCUT2D eigenvalue weighted by molar-refractivity contribution is 14.1. The van der Waals surface area contributed by atoms with Crippen LogP contribution in [-0.4, -0.2) is 63.0 Å². The normalized spacial score (nSPS) is 11.6. The molecule has 4 aromatic rings. The first-order valence-corrected chi connectivity index (χ1v) is 15.8. The third-order valence-corrected chi connectivity index (χ3v) is 7.97. The Bertz CT molecular complexity index is 1730. The smallest absolute Gasteiger partial charge is 0.326 e. The van der Waals surface area contributed by atoms with E-state index in [1.165, 1.54) is 0 Å². The molecule has 0 saturated heterocycles. The molecule has 1 atom stereocenters. The number of aromatic nitrogens is 3. The molecular formula is C32H35IN6O7. The number of carboxylic acids is 1. The zero-order valence-electron chi connectivity index (χ0n) is 24.9. The number of carbonyl (C=O) groups is 4. The van der Waals surface area contributed by atoms with Crippen LogP contribution in [0, 0.1) is 3.57 Å². The molecule has 2 aromatic heterocycles. The number of hydrogen-bond donors (Lipinski definition) is 6. The number of rotatable bonds is 16. The van der Waals surface area contributed by atoms with E-state index in [1.807, 2.05) is 24.3 Å². The van der Waals surface area contributed by atoms with Gasteiger partial charge in [-0.2, -0.15) is 4.98 Å². The number of nitrogens with two attached hydrogens (primary N) is 1. The molecule has 0 bridgehead atoms. The molecule has 14 heteroatoms. The van der Waals surface area contributed by atoms with Crippen LogP contribution in [-0.2, 0) is 38.4 Å². The second kappa shape index (κ2) is 16.5. The average molecular weight is 743 g/mol. The van der Waals surface area contributed by atoms with E-state index in [2.05, 4.69) is 48.2 Å². The van der Waals surface area contributed by atoms with Gasteiger partial charge in [0.2, 0.25) is 11.9 Å². The maximum Gasteiger partial charge on any atom is 0.326 e. The molecule has 0 spiro atoms. The van der Waals surface area contributed by atoms with Crippen molar-refractivity contribution in [2.24, 2.45) is 0 Å². The first-order valence-electron chi connectivity index (χ1n) is 14.7. The van der Waals surface area contributed by atoms with Crippen molar-refractivity contribution in [3.05, 3.63) is 90.9 Å². The molecule has 0 fully saturated rings. The maximum atomic E-state index is 12.7. The summed E-state index contributed by atoms with van der Waals surface area (Å²) in [5.41, 5.74) is 8.78. The lowest BCUT2D eigenvalue weighted by molar-refractivity contribution is -0.145. The maximum absolute atomic E-state index is 12.7. The quantitative estimate of drug-likeness (QED) is 0.0566. The Morgan fingerprint density at radius 2 is 1.67 bits per heavy atom. The molecule has 2 aromatic carbocycles. The Balaban J connectivity index is 1.14. The summed E-state index contributed by atoms with van der Waals surface area (Å²) >= 11 is 2.24. The summed E-state index contributed by atoms with van der Waals surface area (Å²) in [6.07, 6.45) is 4.29. The number of H-pyrrole nitrogens is 2. The summed E-state index contributed by atoms with van der Waals surface area (Å²) in [6.45, 7) is 0.107. The van der Waals surface area contributed by atoms with Crippen molar-refractivity contribution in [3.63, 3.8) is 0 Å². The van der Waals surface area contributed by atoms with E-state index in [4.69, 9.17) is 10.5 Å². The van der Waals surface area contributed by atoms with Crippen molar-refractivity contribution >= 4 is 63.3 Å². The van der Waals surface area contributed by atoms with Gasteiger partial charge in [0.25, 0.3) is 11.5 Å². The number of benzene rings is 2. The zero-order chi connectivity index (χ0) is 33.1. The van der Waals surface area contributed by atoms with Crippen LogP contribution in [0.15, 0.2) is 59.5 Å². The van der Waals surface area contributed by atoms with Gasteiger partial charge >= 0.3 is 11.9 Å². The van der Waals surface area contributed by atoms with Crippen LogP contribution in [0.1, 0.15) is 52.7 Å². The topological polar surface area (TPSA) is 209 Å². The highest BCUT2D eigenvalue weighted by Crippen LogP contribution is 2.16. The average Bonchev–Trinajstić information content (AvgIpc) is 3.44. The van der Waals surface area contributed by atoms with Crippen LogP contribution in [0.3, 0.4) is 0 Å². The van der Waals surface area contributed by atoms with E-state index < -0.39 is 23.9 Å². The lowest BCUT2D eigenvalue weighted by Crippen LogP contribution is -2.41. The fourth-order valence-corrected chi connectivity index (χ4v) is 5.16. The molecule has 4 rings (SSSR count). The molecule has 0 unspecified atom stereocenters. The number of aliphatic carboxylic acids is 1. The Morgan fingerprint density at radius 3 is 2.39 bits per heavy atom. The van der Waals surface area contributed by atoms with Crippen LogP contribution < -0.4 is 21.9 Å². The predicted molar refractivity (Wildman–Crippen MR) is 179 cm³/mol. The molecule has 46 heavy (non-hydrogen) atoms. The van der Waals surface area contributed by atoms with Gasteiger partial charge in [0.15, 0.2) is 0 Å². The van der Waals surface area contributed by atoms with E-state index in [-0.39, 0.29) is 49.0 Å². The number of nitrogens with one attached hydrogen (secondary N) is 4. The minimum absolute atomic E-state index is 0.0303. The number of carbonyl (C=O) groups excluding carboxylic acids is 3. The second-order valence-corrected chi connectivity index (χ2v) is 11.9. The van der Waals surface area contributed by atoms with Gasteiger partial charge in [-0.15, -0.1) is 0 Å². The van der Waals surface area contributed by atoms with Crippen LogP contribution >= 0.6 is 22.6 Å². The van der Waals surface area contributed by atoms with Gasteiger partial charge in [-0.1, -0.05) is 24.3 Å². The van der Waals surface area contributed by atoms with E-state index in [9.17, 15) is 29.1 Å². The summed E-state index contributed by atoms with van der Waals surface area (Å²) in [6, 6.07) is 13.5. The standard InChI is InChI=1S/C32H35IN6O7/c33-23-12-7-19(8-13-23)2-1-3-25(40)35-16-17-46-26(41)15-14-24(31(44)45)37-29(42)21-9-4-20(5-10-21)6-11-22-18-36-28-27(22)30(43)39-32(34)38-28/h4-5,7-10,12-13,18,24H,1-3,6,11,14-17H2,(H,35,40)(H,37,42)(H,44,45)(H4,34,36,38,39,43)/t24-/m0/s1.